The third-order valence-corrected chi connectivity index (χ3v) is 7.84. The van der Waals surface area contributed by atoms with E-state index in [1.165, 1.54) is 16.7 Å². The molecule has 7 nitrogen and oxygen atoms in total. The van der Waals surface area contributed by atoms with Crippen molar-refractivity contribution < 1.29 is 19.4 Å². The van der Waals surface area contributed by atoms with Crippen LogP contribution in [0.1, 0.15) is 18.4 Å². The van der Waals surface area contributed by atoms with Gasteiger partial charge in [-0.3, -0.25) is 19.2 Å². The van der Waals surface area contributed by atoms with Gasteiger partial charge in [0.05, 0.1) is 12.0 Å². The first kappa shape index (κ1) is 25.0. The lowest BCUT2D eigenvalue weighted by Gasteiger charge is -2.13. The Morgan fingerprint density at radius 2 is 1.91 bits per heavy atom. The maximum absolute atomic E-state index is 13.1. The summed E-state index contributed by atoms with van der Waals surface area (Å²) in [4.78, 5) is 27.0. The number of thioether (sulfide) groups is 1. The minimum absolute atomic E-state index is 0.0144. The monoisotopic (exact) mass is 525 g/mol. The Kier molecular flexibility index (Phi) is 7.94. The molecule has 0 unspecified atom stereocenters. The summed E-state index contributed by atoms with van der Waals surface area (Å²) < 4.78 is 7.51. The van der Waals surface area contributed by atoms with E-state index < -0.39 is 5.97 Å². The number of carboxylic acid groups (broad SMARTS) is 1. The van der Waals surface area contributed by atoms with Crippen LogP contribution in [0.2, 0.25) is 0 Å². The molecule has 1 fully saturated rings. The average molecular weight is 526 g/mol. The average Bonchev–Trinajstić information content (AvgIpc) is 3.30. The Balaban J connectivity index is 1.71. The maximum atomic E-state index is 13.1. The number of aryl methyl sites for hydroxylation is 1. The van der Waals surface area contributed by atoms with Gasteiger partial charge in [-0.15, -0.1) is 0 Å². The van der Waals surface area contributed by atoms with E-state index in [4.69, 9.17) is 27.2 Å². The Morgan fingerprint density at radius 3 is 2.57 bits per heavy atom. The molecular weight excluding hydrogens is 502 g/mol. The predicted molar refractivity (Wildman–Crippen MR) is 143 cm³/mol. The summed E-state index contributed by atoms with van der Waals surface area (Å²) in [6, 6.07) is 17.6. The molecule has 10 heteroatoms. The molecule has 2 aromatic carbocycles. The second-order valence-corrected chi connectivity index (χ2v) is 10.4. The number of carbonyl (C=O) groups is 2. The number of carbonyl (C=O) groups excluding carboxylic acids is 1. The van der Waals surface area contributed by atoms with Crippen LogP contribution in [0.4, 0.5) is 0 Å². The van der Waals surface area contributed by atoms with E-state index in [0.717, 1.165) is 32.5 Å². The van der Waals surface area contributed by atoms with Crippen LogP contribution in [0, 0.1) is 0 Å². The molecule has 0 spiro atoms. The highest BCUT2D eigenvalue weighted by atomic mass is 32.2. The number of rotatable bonds is 9. The molecule has 35 heavy (non-hydrogen) atoms. The summed E-state index contributed by atoms with van der Waals surface area (Å²) in [5.74, 6) is -0.334. The zero-order valence-electron chi connectivity index (χ0n) is 19.1. The summed E-state index contributed by atoms with van der Waals surface area (Å²) in [6.45, 7) is 0.278. The van der Waals surface area contributed by atoms with E-state index in [0.29, 0.717) is 15.6 Å². The summed E-state index contributed by atoms with van der Waals surface area (Å²) in [5, 5.41) is 14.6. The first-order valence-electron chi connectivity index (χ1n) is 10.8. The molecule has 0 atom stereocenters. The van der Waals surface area contributed by atoms with Gasteiger partial charge in [0.2, 0.25) is 0 Å². The summed E-state index contributed by atoms with van der Waals surface area (Å²) in [5.41, 5.74) is 2.53. The van der Waals surface area contributed by atoms with Gasteiger partial charge < -0.3 is 9.84 Å². The Labute approximate surface area is 217 Å². The number of ether oxygens (including phenoxy) is 1. The van der Waals surface area contributed by atoms with Crippen molar-refractivity contribution in [3.63, 3.8) is 0 Å². The molecule has 1 aliphatic heterocycles. The largest absolute Gasteiger partial charge is 0.497 e. The number of amides is 1. The van der Waals surface area contributed by atoms with E-state index in [1.54, 1.807) is 18.9 Å². The molecule has 0 bridgehead atoms. The third-order valence-electron chi connectivity index (χ3n) is 5.27. The number of thiocarbonyl (C=S) groups is 1. The molecule has 4 rings (SSSR count). The van der Waals surface area contributed by atoms with Gasteiger partial charge in [-0.05, 0) is 36.8 Å². The lowest BCUT2D eigenvalue weighted by molar-refractivity contribution is -0.137. The highest BCUT2D eigenvalue weighted by Crippen LogP contribution is 2.40. The normalized spacial score (nSPS) is 14.7. The van der Waals surface area contributed by atoms with Crippen molar-refractivity contribution in [2.75, 3.05) is 13.7 Å². The van der Waals surface area contributed by atoms with Crippen LogP contribution in [0.15, 0.2) is 69.4 Å². The van der Waals surface area contributed by atoms with E-state index >= 15 is 0 Å². The first-order chi connectivity index (χ1) is 16.9. The minimum Gasteiger partial charge on any atom is -0.497 e. The molecule has 1 amide bonds. The molecular formula is C25H23N3O4S3. The van der Waals surface area contributed by atoms with E-state index in [2.05, 4.69) is 0 Å². The number of aliphatic carboxylic acids is 1. The van der Waals surface area contributed by atoms with Gasteiger partial charge in [-0.1, -0.05) is 66.1 Å². The molecule has 1 aliphatic rings. The SMILES string of the molecule is COc1ccc(Sc2c(/C=C3\SC(=S)N(CCCC(=O)O)C3=O)c(-c3ccccc3)nn2C)cc1. The fourth-order valence-corrected chi connectivity index (χ4v) is 5.78. The van der Waals surface area contributed by atoms with Gasteiger partial charge >= 0.3 is 5.97 Å². The summed E-state index contributed by atoms with van der Waals surface area (Å²) in [6.07, 6.45) is 2.17. The van der Waals surface area contributed by atoms with Crippen molar-refractivity contribution in [2.45, 2.75) is 22.8 Å². The van der Waals surface area contributed by atoms with Crippen LogP contribution in [0.3, 0.4) is 0 Å². The number of benzene rings is 2. The predicted octanol–water partition coefficient (Wildman–Crippen LogP) is 5.31. The molecule has 0 radical (unpaired) electrons. The van der Waals surface area contributed by atoms with Gasteiger partial charge in [0.15, 0.2) is 0 Å². The van der Waals surface area contributed by atoms with Crippen molar-refractivity contribution in [1.29, 1.82) is 0 Å². The van der Waals surface area contributed by atoms with Crippen LogP contribution in [0.5, 0.6) is 5.75 Å². The smallest absolute Gasteiger partial charge is 0.303 e. The standard InChI is InChI=1S/C25H23N3O4S3/c1-27-24(34-18-12-10-17(32-2)11-13-18)19(22(26-27)16-7-4-3-5-8-16)15-20-23(31)28(25(33)35-20)14-6-9-21(29)30/h3-5,7-8,10-13,15H,6,9,14H2,1-2H3,(H,29,30)/b20-15-. The number of aromatic nitrogens is 2. The highest BCUT2D eigenvalue weighted by molar-refractivity contribution is 8.26. The quantitative estimate of drug-likeness (QED) is 0.297. The highest BCUT2D eigenvalue weighted by Gasteiger charge is 2.32. The third kappa shape index (κ3) is 5.77. The fraction of sp³-hybridized carbons (Fsp3) is 0.200. The first-order valence-corrected chi connectivity index (χ1v) is 12.8. The molecule has 180 valence electrons. The van der Waals surface area contributed by atoms with Crippen molar-refractivity contribution >= 4 is 58.0 Å². The lowest BCUT2D eigenvalue weighted by Crippen LogP contribution is -2.29. The Hall–Kier alpha value is -3.08. The van der Waals surface area contributed by atoms with E-state index in [-0.39, 0.29) is 18.9 Å². The molecule has 1 saturated heterocycles. The molecule has 0 aliphatic carbocycles. The van der Waals surface area contributed by atoms with Crippen LogP contribution in [-0.4, -0.2) is 49.6 Å². The van der Waals surface area contributed by atoms with Gasteiger partial charge in [-0.2, -0.15) is 5.10 Å². The van der Waals surface area contributed by atoms with Crippen molar-refractivity contribution in [1.82, 2.24) is 14.7 Å². The van der Waals surface area contributed by atoms with Crippen molar-refractivity contribution in [3.8, 4) is 17.0 Å². The Morgan fingerprint density at radius 1 is 1.20 bits per heavy atom. The number of methoxy groups -OCH3 is 1. The molecule has 2 heterocycles. The Bertz CT molecular complexity index is 1290. The van der Waals surface area contributed by atoms with Crippen LogP contribution >= 0.6 is 35.7 Å². The number of hydrogen-bond acceptors (Lipinski definition) is 7. The van der Waals surface area contributed by atoms with Crippen LogP contribution < -0.4 is 4.74 Å². The van der Waals surface area contributed by atoms with E-state index in [1.807, 2.05) is 72.4 Å². The van der Waals surface area contributed by atoms with Crippen LogP contribution in [0.25, 0.3) is 17.3 Å². The van der Waals surface area contributed by atoms with Gasteiger partial charge in [-0.25, -0.2) is 0 Å². The number of nitrogens with zero attached hydrogens (tertiary/aromatic N) is 3. The second-order valence-electron chi connectivity index (χ2n) is 7.67. The van der Waals surface area contributed by atoms with Crippen molar-refractivity contribution in [2.24, 2.45) is 7.05 Å². The fourth-order valence-electron chi connectivity index (χ4n) is 3.55. The number of carboxylic acids is 1. The maximum Gasteiger partial charge on any atom is 0.303 e. The van der Waals surface area contributed by atoms with Crippen molar-refractivity contribution in [3.05, 3.63) is 65.1 Å². The molecule has 1 aromatic heterocycles. The second kappa shape index (κ2) is 11.1. The molecule has 3 aromatic rings. The molecule has 0 saturated carbocycles. The zero-order valence-corrected chi connectivity index (χ0v) is 21.6. The van der Waals surface area contributed by atoms with Gasteiger partial charge in [0.1, 0.15) is 20.8 Å². The van der Waals surface area contributed by atoms with Gasteiger partial charge in [0, 0.05) is 36.0 Å². The van der Waals surface area contributed by atoms with Gasteiger partial charge in [0.25, 0.3) is 5.91 Å². The number of hydrogen-bond donors (Lipinski definition) is 1. The van der Waals surface area contributed by atoms with Crippen LogP contribution in [-0.2, 0) is 16.6 Å². The summed E-state index contributed by atoms with van der Waals surface area (Å²) in [7, 11) is 3.51. The van der Waals surface area contributed by atoms with E-state index in [9.17, 15) is 9.59 Å². The minimum atomic E-state index is -0.894. The lowest BCUT2D eigenvalue weighted by atomic mass is 10.1. The summed E-state index contributed by atoms with van der Waals surface area (Å²) >= 11 is 8.20. The molecule has 1 N–H and O–H groups in total. The topological polar surface area (TPSA) is 84.7 Å². The zero-order chi connectivity index (χ0) is 24.9.